The Bertz CT molecular complexity index is 733. The van der Waals surface area contributed by atoms with Crippen molar-refractivity contribution in [3.05, 3.63) is 70.7 Å². The van der Waals surface area contributed by atoms with Crippen LogP contribution in [0.2, 0.25) is 5.02 Å². The topological polar surface area (TPSA) is 49.4 Å². The number of hydrogen-bond acceptors (Lipinski definition) is 2. The molecule has 2 amide bonds. The fourth-order valence-corrected chi connectivity index (χ4v) is 2.89. The molecule has 0 aliphatic heterocycles. The average Bonchev–Trinajstić information content (AvgIpc) is 2.61. The first-order valence-electron chi connectivity index (χ1n) is 8.26. The number of nitrogens with zero attached hydrogens (tertiary/aromatic N) is 1. The third kappa shape index (κ3) is 5.07. The molecule has 2 aromatic carbocycles. The maximum atomic E-state index is 12.5. The molecule has 1 N–H and O–H groups in total. The Balaban J connectivity index is 1.94. The molecule has 0 fully saturated rings. The van der Waals surface area contributed by atoms with Gasteiger partial charge in [0, 0.05) is 30.1 Å². The molecule has 0 aliphatic rings. The van der Waals surface area contributed by atoms with E-state index in [0.717, 1.165) is 5.56 Å². The molecule has 0 spiro atoms. The highest BCUT2D eigenvalue weighted by Gasteiger charge is 2.21. The second-order valence-corrected chi connectivity index (χ2v) is 6.55. The number of rotatable bonds is 6. The lowest BCUT2D eigenvalue weighted by Crippen LogP contribution is -2.38. The van der Waals surface area contributed by atoms with Gasteiger partial charge >= 0.3 is 0 Å². The third-order valence-corrected chi connectivity index (χ3v) is 4.57. The van der Waals surface area contributed by atoms with Crippen LogP contribution in [-0.2, 0) is 4.79 Å². The first kappa shape index (κ1) is 19.0. The van der Waals surface area contributed by atoms with Crippen molar-refractivity contribution in [3.63, 3.8) is 0 Å². The van der Waals surface area contributed by atoms with Gasteiger partial charge in [-0.3, -0.25) is 9.59 Å². The van der Waals surface area contributed by atoms with E-state index < -0.39 is 0 Å². The van der Waals surface area contributed by atoms with Crippen molar-refractivity contribution >= 4 is 23.4 Å². The Kier molecular flexibility index (Phi) is 6.59. The molecule has 0 radical (unpaired) electrons. The summed E-state index contributed by atoms with van der Waals surface area (Å²) in [5.41, 5.74) is 1.49. The Morgan fingerprint density at radius 1 is 1.04 bits per heavy atom. The summed E-state index contributed by atoms with van der Waals surface area (Å²) in [5.74, 6) is -0.226. The molecule has 0 bridgehead atoms. The Labute approximate surface area is 153 Å². The Morgan fingerprint density at radius 2 is 1.64 bits per heavy atom. The second kappa shape index (κ2) is 8.67. The second-order valence-electron chi connectivity index (χ2n) is 6.15. The summed E-state index contributed by atoms with van der Waals surface area (Å²) < 4.78 is 0. The van der Waals surface area contributed by atoms with Crippen LogP contribution in [-0.4, -0.2) is 29.8 Å². The molecule has 0 heterocycles. The summed E-state index contributed by atoms with van der Waals surface area (Å²) in [7, 11) is 1.75. The zero-order valence-electron chi connectivity index (χ0n) is 14.7. The van der Waals surface area contributed by atoms with E-state index in [-0.39, 0.29) is 30.3 Å². The Hall–Kier alpha value is -2.33. The highest BCUT2D eigenvalue weighted by molar-refractivity contribution is 6.31. The van der Waals surface area contributed by atoms with Gasteiger partial charge in [-0.25, -0.2) is 0 Å². The lowest BCUT2D eigenvalue weighted by atomic mass is 10.1. The van der Waals surface area contributed by atoms with Crippen LogP contribution in [0.25, 0.3) is 0 Å². The largest absolute Gasteiger partial charge is 0.349 e. The highest BCUT2D eigenvalue weighted by atomic mass is 35.5. The van der Waals surface area contributed by atoms with Gasteiger partial charge in [-0.05, 0) is 37.6 Å². The van der Waals surface area contributed by atoms with E-state index in [1.54, 1.807) is 24.1 Å². The summed E-state index contributed by atoms with van der Waals surface area (Å²) in [6.07, 6.45) is 0.226. The maximum Gasteiger partial charge on any atom is 0.251 e. The van der Waals surface area contributed by atoms with Crippen molar-refractivity contribution < 1.29 is 9.59 Å². The number of halogens is 1. The minimum absolute atomic E-state index is 0.0479. The molecule has 0 aromatic heterocycles. The van der Waals surface area contributed by atoms with Crippen molar-refractivity contribution in [1.29, 1.82) is 0 Å². The average molecular weight is 359 g/mol. The van der Waals surface area contributed by atoms with Crippen LogP contribution < -0.4 is 5.32 Å². The van der Waals surface area contributed by atoms with E-state index in [0.29, 0.717) is 10.6 Å². The van der Waals surface area contributed by atoms with Gasteiger partial charge in [0.05, 0.1) is 6.04 Å². The lowest BCUT2D eigenvalue weighted by Gasteiger charge is -2.27. The summed E-state index contributed by atoms with van der Waals surface area (Å²) >= 11 is 6.22. The summed E-state index contributed by atoms with van der Waals surface area (Å²) in [6, 6.07) is 16.1. The lowest BCUT2D eigenvalue weighted by molar-refractivity contribution is -0.132. The van der Waals surface area contributed by atoms with Crippen molar-refractivity contribution in [2.24, 2.45) is 0 Å². The number of hydrogen-bond donors (Lipinski definition) is 1. The van der Waals surface area contributed by atoms with Gasteiger partial charge in [-0.2, -0.15) is 0 Å². The molecule has 2 rings (SSSR count). The van der Waals surface area contributed by atoms with E-state index in [2.05, 4.69) is 5.32 Å². The first-order valence-corrected chi connectivity index (χ1v) is 8.64. The van der Waals surface area contributed by atoms with Crippen LogP contribution in [0.3, 0.4) is 0 Å². The van der Waals surface area contributed by atoms with E-state index in [9.17, 15) is 9.59 Å². The van der Waals surface area contributed by atoms with E-state index in [4.69, 9.17) is 11.6 Å². The molecule has 4 nitrogen and oxygen atoms in total. The maximum absolute atomic E-state index is 12.5. The first-order chi connectivity index (χ1) is 11.9. The number of carbonyl (C=O) groups excluding carboxylic acids is 2. The molecule has 2 atom stereocenters. The van der Waals surface area contributed by atoms with Crippen LogP contribution in [0.1, 0.15) is 42.2 Å². The molecule has 0 aliphatic carbocycles. The van der Waals surface area contributed by atoms with E-state index >= 15 is 0 Å². The molecular weight excluding hydrogens is 336 g/mol. The number of benzene rings is 2. The van der Waals surface area contributed by atoms with Gasteiger partial charge in [-0.1, -0.05) is 48.0 Å². The Morgan fingerprint density at radius 3 is 2.28 bits per heavy atom. The zero-order valence-corrected chi connectivity index (χ0v) is 15.5. The predicted octanol–water partition coefficient (Wildman–Crippen LogP) is 4.07. The molecule has 0 saturated heterocycles. The predicted molar refractivity (Wildman–Crippen MR) is 101 cm³/mol. The van der Waals surface area contributed by atoms with Crippen LogP contribution >= 0.6 is 11.6 Å². The molecule has 2 unspecified atom stereocenters. The van der Waals surface area contributed by atoms with Gasteiger partial charge in [0.15, 0.2) is 0 Å². The molecule has 0 saturated carbocycles. The third-order valence-electron chi connectivity index (χ3n) is 4.22. The van der Waals surface area contributed by atoms with E-state index in [1.807, 2.05) is 56.3 Å². The molecule has 25 heavy (non-hydrogen) atoms. The minimum atomic E-state index is -0.263. The number of nitrogens with one attached hydrogen (secondary N) is 1. The summed E-state index contributed by atoms with van der Waals surface area (Å²) in [5, 5.41) is 3.50. The molecule has 132 valence electrons. The number of amides is 2. The van der Waals surface area contributed by atoms with Crippen molar-refractivity contribution in [1.82, 2.24) is 10.2 Å². The quantitative estimate of drug-likeness (QED) is 0.846. The summed E-state index contributed by atoms with van der Waals surface area (Å²) in [6.45, 7) is 3.76. The minimum Gasteiger partial charge on any atom is -0.349 e. The highest BCUT2D eigenvalue weighted by Crippen LogP contribution is 2.26. The fourth-order valence-electron chi connectivity index (χ4n) is 2.59. The molecular formula is C20H23ClN2O2. The van der Waals surface area contributed by atoms with Crippen molar-refractivity contribution in [3.8, 4) is 0 Å². The van der Waals surface area contributed by atoms with E-state index in [1.165, 1.54) is 0 Å². The van der Waals surface area contributed by atoms with Crippen molar-refractivity contribution in [2.75, 3.05) is 7.05 Å². The normalized spacial score (nSPS) is 13.0. The van der Waals surface area contributed by atoms with Gasteiger partial charge in [0.2, 0.25) is 5.91 Å². The zero-order chi connectivity index (χ0) is 18.4. The fraction of sp³-hybridized carbons (Fsp3) is 0.300. The summed E-state index contributed by atoms with van der Waals surface area (Å²) in [4.78, 5) is 26.3. The van der Waals surface area contributed by atoms with Gasteiger partial charge < -0.3 is 10.2 Å². The number of carbonyl (C=O) groups is 2. The van der Waals surface area contributed by atoms with Crippen LogP contribution in [0, 0.1) is 0 Å². The van der Waals surface area contributed by atoms with Gasteiger partial charge in [0.25, 0.3) is 5.91 Å². The standard InChI is InChI=1S/C20H23ClN2O2/c1-14(22-20(25)16-9-5-4-6-10-16)13-19(24)23(3)15(2)17-11-7-8-12-18(17)21/h4-12,14-15H,13H2,1-3H3,(H,22,25). The van der Waals surface area contributed by atoms with Crippen LogP contribution in [0.4, 0.5) is 0 Å². The van der Waals surface area contributed by atoms with Crippen LogP contribution in [0.5, 0.6) is 0 Å². The van der Waals surface area contributed by atoms with Gasteiger partial charge in [0.1, 0.15) is 0 Å². The SMILES string of the molecule is CC(CC(=O)N(C)C(C)c1ccccc1Cl)NC(=O)c1ccccc1. The smallest absolute Gasteiger partial charge is 0.251 e. The van der Waals surface area contributed by atoms with Crippen molar-refractivity contribution in [2.45, 2.75) is 32.4 Å². The van der Waals surface area contributed by atoms with Crippen LogP contribution in [0.15, 0.2) is 54.6 Å². The molecule has 5 heteroatoms. The van der Waals surface area contributed by atoms with Gasteiger partial charge in [-0.15, -0.1) is 0 Å². The molecule has 2 aromatic rings. The monoisotopic (exact) mass is 358 g/mol.